The van der Waals surface area contributed by atoms with E-state index >= 15 is 0 Å². The number of nitrogen functional groups attached to an aromatic ring is 1. The van der Waals surface area contributed by atoms with Crippen molar-refractivity contribution in [2.45, 2.75) is 26.3 Å². The summed E-state index contributed by atoms with van der Waals surface area (Å²) in [5.41, 5.74) is 9.32. The molecule has 3 nitrogen and oxygen atoms in total. The number of ether oxygens (including phenoxy) is 1. The minimum Gasteiger partial charge on any atom is -0.495 e. The lowest BCUT2D eigenvalue weighted by Gasteiger charge is -2.20. The summed E-state index contributed by atoms with van der Waals surface area (Å²) < 4.78 is 5.19. The summed E-state index contributed by atoms with van der Waals surface area (Å²) in [5, 5.41) is 0. The van der Waals surface area contributed by atoms with Crippen LogP contribution >= 0.6 is 0 Å². The molecular weight excluding hydrogens is 272 g/mol. The smallest absolute Gasteiger partial charge is 0.141 e. The van der Waals surface area contributed by atoms with Crippen molar-refractivity contribution in [1.82, 2.24) is 4.90 Å². The van der Waals surface area contributed by atoms with Gasteiger partial charge in [-0.15, -0.1) is 0 Å². The van der Waals surface area contributed by atoms with Gasteiger partial charge in [-0.25, -0.2) is 0 Å². The fourth-order valence-corrected chi connectivity index (χ4v) is 2.64. The third-order valence-electron chi connectivity index (χ3n) is 3.93. The average Bonchev–Trinajstić information content (AvgIpc) is 2.55. The van der Waals surface area contributed by atoms with Gasteiger partial charge < -0.3 is 10.5 Å². The molecule has 0 unspecified atom stereocenters. The average molecular weight is 298 g/mol. The van der Waals surface area contributed by atoms with Crippen LogP contribution in [0.3, 0.4) is 0 Å². The number of nitrogens with zero attached hydrogens (tertiary/aromatic N) is 1. The third kappa shape index (κ3) is 4.78. The molecule has 0 fully saturated rings. The second-order valence-corrected chi connectivity index (χ2v) is 5.53. The molecule has 2 rings (SSSR count). The molecule has 0 bridgehead atoms. The Morgan fingerprint density at radius 2 is 1.82 bits per heavy atom. The maximum atomic E-state index is 5.96. The number of hydrogen-bond donors (Lipinski definition) is 1. The third-order valence-corrected chi connectivity index (χ3v) is 3.93. The van der Waals surface area contributed by atoms with Crippen LogP contribution < -0.4 is 10.5 Å². The number of methoxy groups -OCH3 is 1. The summed E-state index contributed by atoms with van der Waals surface area (Å²) in [6, 6.07) is 16.7. The fraction of sp³-hybridized carbons (Fsp3) is 0.368. The van der Waals surface area contributed by atoms with Crippen LogP contribution in [0.5, 0.6) is 5.75 Å². The molecule has 22 heavy (non-hydrogen) atoms. The number of benzene rings is 2. The summed E-state index contributed by atoms with van der Waals surface area (Å²) in [4.78, 5) is 2.47. The van der Waals surface area contributed by atoms with E-state index in [0.29, 0.717) is 0 Å². The molecule has 0 atom stereocenters. The standard InChI is InChI=1S/C19H26N2O/c1-3-21(15-17-8-5-4-6-9-17)13-7-10-16-11-12-19(22-2)18(20)14-16/h4-6,8-9,11-12,14H,3,7,10,13,15,20H2,1-2H3. The van der Waals surface area contributed by atoms with Crippen molar-refractivity contribution in [2.75, 3.05) is 25.9 Å². The fourth-order valence-electron chi connectivity index (χ4n) is 2.64. The number of hydrogen-bond acceptors (Lipinski definition) is 3. The molecule has 0 aliphatic carbocycles. The highest BCUT2D eigenvalue weighted by atomic mass is 16.5. The predicted octanol–water partition coefficient (Wildman–Crippen LogP) is 3.73. The second kappa shape index (κ2) is 8.44. The van der Waals surface area contributed by atoms with E-state index in [1.807, 2.05) is 12.1 Å². The first-order valence-corrected chi connectivity index (χ1v) is 7.91. The van der Waals surface area contributed by atoms with Gasteiger partial charge in [0.05, 0.1) is 12.8 Å². The summed E-state index contributed by atoms with van der Waals surface area (Å²) in [6.07, 6.45) is 2.17. The zero-order valence-electron chi connectivity index (χ0n) is 13.6. The van der Waals surface area contributed by atoms with Crippen LogP contribution in [0.4, 0.5) is 5.69 Å². The highest BCUT2D eigenvalue weighted by molar-refractivity contribution is 5.54. The van der Waals surface area contributed by atoms with E-state index in [1.165, 1.54) is 11.1 Å². The molecule has 0 amide bonds. The molecule has 0 saturated carbocycles. The Balaban J connectivity index is 1.82. The molecule has 0 aliphatic heterocycles. The van der Waals surface area contributed by atoms with Gasteiger partial charge in [0.15, 0.2) is 0 Å². The van der Waals surface area contributed by atoms with Crippen molar-refractivity contribution >= 4 is 5.69 Å². The zero-order chi connectivity index (χ0) is 15.8. The highest BCUT2D eigenvalue weighted by Gasteiger charge is 2.05. The monoisotopic (exact) mass is 298 g/mol. The van der Waals surface area contributed by atoms with E-state index in [9.17, 15) is 0 Å². The van der Waals surface area contributed by atoms with Gasteiger partial charge in [0, 0.05) is 6.54 Å². The first-order chi connectivity index (χ1) is 10.7. The molecule has 0 spiro atoms. The maximum Gasteiger partial charge on any atom is 0.141 e. The normalized spacial score (nSPS) is 10.9. The van der Waals surface area contributed by atoms with Crippen LogP contribution in [0.25, 0.3) is 0 Å². The number of aryl methyl sites for hydroxylation is 1. The lowest BCUT2D eigenvalue weighted by molar-refractivity contribution is 0.276. The first-order valence-electron chi connectivity index (χ1n) is 7.91. The molecule has 0 aromatic heterocycles. The van der Waals surface area contributed by atoms with Crippen molar-refractivity contribution in [3.05, 3.63) is 59.7 Å². The van der Waals surface area contributed by atoms with E-state index < -0.39 is 0 Å². The van der Waals surface area contributed by atoms with Crippen LogP contribution in [0.1, 0.15) is 24.5 Å². The zero-order valence-corrected chi connectivity index (χ0v) is 13.6. The topological polar surface area (TPSA) is 38.5 Å². The lowest BCUT2D eigenvalue weighted by atomic mass is 10.1. The molecule has 2 aromatic carbocycles. The molecule has 2 N–H and O–H groups in total. The Kier molecular flexibility index (Phi) is 6.28. The van der Waals surface area contributed by atoms with Gasteiger partial charge in [-0.1, -0.05) is 43.3 Å². The number of nitrogens with two attached hydrogens (primary N) is 1. The van der Waals surface area contributed by atoms with E-state index in [4.69, 9.17) is 10.5 Å². The largest absolute Gasteiger partial charge is 0.495 e. The Hall–Kier alpha value is -2.00. The van der Waals surface area contributed by atoms with E-state index in [-0.39, 0.29) is 0 Å². The predicted molar refractivity (Wildman–Crippen MR) is 93.1 cm³/mol. The van der Waals surface area contributed by atoms with Crippen LogP contribution in [-0.4, -0.2) is 25.1 Å². The molecule has 0 heterocycles. The maximum absolute atomic E-state index is 5.96. The highest BCUT2D eigenvalue weighted by Crippen LogP contribution is 2.22. The quantitative estimate of drug-likeness (QED) is 0.755. The minimum atomic E-state index is 0.719. The van der Waals surface area contributed by atoms with E-state index in [0.717, 1.165) is 43.9 Å². The SMILES string of the molecule is CCN(CCCc1ccc(OC)c(N)c1)Cc1ccccc1. The van der Waals surface area contributed by atoms with Crippen molar-refractivity contribution in [2.24, 2.45) is 0 Å². The van der Waals surface area contributed by atoms with Gasteiger partial charge in [-0.05, 0) is 49.2 Å². The molecule has 0 radical (unpaired) electrons. The molecule has 0 saturated heterocycles. The minimum absolute atomic E-state index is 0.719. The number of anilines is 1. The number of rotatable bonds is 8. The molecule has 3 heteroatoms. The Bertz CT molecular complexity index is 569. The Morgan fingerprint density at radius 3 is 2.45 bits per heavy atom. The van der Waals surface area contributed by atoms with E-state index in [2.05, 4.69) is 48.2 Å². The first kappa shape index (κ1) is 16.4. The van der Waals surface area contributed by atoms with Crippen molar-refractivity contribution < 1.29 is 4.74 Å². The van der Waals surface area contributed by atoms with Gasteiger partial charge in [-0.3, -0.25) is 4.90 Å². The van der Waals surface area contributed by atoms with Gasteiger partial charge in [0.1, 0.15) is 5.75 Å². The summed E-state index contributed by atoms with van der Waals surface area (Å²) in [7, 11) is 1.65. The Labute approximate surface area is 133 Å². The molecular formula is C19H26N2O. The van der Waals surface area contributed by atoms with Crippen molar-refractivity contribution in [3.63, 3.8) is 0 Å². The Morgan fingerprint density at radius 1 is 1.05 bits per heavy atom. The van der Waals surface area contributed by atoms with Crippen LogP contribution in [0, 0.1) is 0 Å². The summed E-state index contributed by atoms with van der Waals surface area (Å²) in [6.45, 7) is 5.40. The van der Waals surface area contributed by atoms with Crippen LogP contribution in [0.15, 0.2) is 48.5 Å². The summed E-state index contributed by atoms with van der Waals surface area (Å²) in [5.74, 6) is 0.753. The van der Waals surface area contributed by atoms with Crippen molar-refractivity contribution in [3.8, 4) is 5.75 Å². The van der Waals surface area contributed by atoms with Gasteiger partial charge in [0.25, 0.3) is 0 Å². The lowest BCUT2D eigenvalue weighted by Crippen LogP contribution is -2.24. The molecule has 0 aliphatic rings. The van der Waals surface area contributed by atoms with Crippen LogP contribution in [0.2, 0.25) is 0 Å². The van der Waals surface area contributed by atoms with Gasteiger partial charge in [0.2, 0.25) is 0 Å². The van der Waals surface area contributed by atoms with Gasteiger partial charge in [-0.2, -0.15) is 0 Å². The second-order valence-electron chi connectivity index (χ2n) is 5.53. The van der Waals surface area contributed by atoms with Gasteiger partial charge >= 0.3 is 0 Å². The van der Waals surface area contributed by atoms with Crippen LogP contribution in [-0.2, 0) is 13.0 Å². The summed E-state index contributed by atoms with van der Waals surface area (Å²) >= 11 is 0. The van der Waals surface area contributed by atoms with Crippen molar-refractivity contribution in [1.29, 1.82) is 0 Å². The molecule has 2 aromatic rings. The van der Waals surface area contributed by atoms with E-state index in [1.54, 1.807) is 7.11 Å². The molecule has 118 valence electrons.